The Morgan fingerprint density at radius 2 is 2.16 bits per heavy atom. The molecular formula is C12H11ClF2N2O2. The first-order chi connectivity index (χ1) is 9.15. The van der Waals surface area contributed by atoms with Gasteiger partial charge in [0.05, 0.1) is 12.7 Å². The van der Waals surface area contributed by atoms with Crippen molar-refractivity contribution in [1.82, 2.24) is 10.5 Å². The number of rotatable bonds is 6. The molecule has 0 amide bonds. The maximum Gasteiger partial charge on any atom is 0.387 e. The molecule has 0 atom stereocenters. The lowest BCUT2D eigenvalue weighted by Crippen LogP contribution is -2.14. The molecule has 0 aliphatic rings. The Morgan fingerprint density at radius 3 is 2.84 bits per heavy atom. The molecule has 0 unspecified atom stereocenters. The van der Waals surface area contributed by atoms with E-state index in [9.17, 15) is 8.78 Å². The minimum atomic E-state index is -2.87. The molecule has 1 aromatic heterocycles. The molecule has 0 bridgehead atoms. The Bertz CT molecular complexity index is 520. The highest BCUT2D eigenvalue weighted by Crippen LogP contribution is 2.24. The van der Waals surface area contributed by atoms with Crippen LogP contribution in [0.4, 0.5) is 8.78 Å². The summed E-state index contributed by atoms with van der Waals surface area (Å²) < 4.78 is 33.8. The van der Waals surface area contributed by atoms with Gasteiger partial charge in [0.25, 0.3) is 0 Å². The molecule has 7 heteroatoms. The van der Waals surface area contributed by atoms with Crippen molar-refractivity contribution in [2.45, 2.75) is 19.7 Å². The van der Waals surface area contributed by atoms with Gasteiger partial charge in [-0.15, -0.1) is 0 Å². The number of aromatic nitrogens is 1. The van der Waals surface area contributed by atoms with E-state index in [0.717, 1.165) is 0 Å². The van der Waals surface area contributed by atoms with Crippen molar-refractivity contribution in [2.75, 3.05) is 0 Å². The van der Waals surface area contributed by atoms with Crippen LogP contribution in [0, 0.1) is 0 Å². The SMILES string of the molecule is FC(F)Oc1ccc(Cl)cc1CNCc1ccno1. The minimum absolute atomic E-state index is 0.101. The summed E-state index contributed by atoms with van der Waals surface area (Å²) in [5, 5.41) is 7.04. The largest absolute Gasteiger partial charge is 0.434 e. The van der Waals surface area contributed by atoms with E-state index in [1.165, 1.54) is 18.3 Å². The molecule has 2 rings (SSSR count). The Labute approximate surface area is 113 Å². The van der Waals surface area contributed by atoms with Crippen molar-refractivity contribution in [1.29, 1.82) is 0 Å². The van der Waals surface area contributed by atoms with Gasteiger partial charge in [0.2, 0.25) is 0 Å². The number of hydrogen-bond donors (Lipinski definition) is 1. The van der Waals surface area contributed by atoms with Crippen LogP contribution in [0.5, 0.6) is 5.75 Å². The third-order valence-corrected chi connectivity index (χ3v) is 2.58. The lowest BCUT2D eigenvalue weighted by atomic mass is 10.2. The summed E-state index contributed by atoms with van der Waals surface area (Å²) in [6.07, 6.45) is 1.53. The van der Waals surface area contributed by atoms with Crippen molar-refractivity contribution in [3.05, 3.63) is 46.8 Å². The zero-order chi connectivity index (χ0) is 13.7. The van der Waals surface area contributed by atoms with E-state index >= 15 is 0 Å². The van der Waals surface area contributed by atoms with Crippen LogP contribution in [0.15, 0.2) is 35.0 Å². The summed E-state index contributed by atoms with van der Waals surface area (Å²) in [7, 11) is 0. The van der Waals surface area contributed by atoms with Crippen molar-refractivity contribution >= 4 is 11.6 Å². The fourth-order valence-corrected chi connectivity index (χ4v) is 1.75. The Balaban J connectivity index is 1.99. The van der Waals surface area contributed by atoms with Crippen LogP contribution < -0.4 is 10.1 Å². The number of nitrogens with one attached hydrogen (secondary N) is 1. The first kappa shape index (κ1) is 13.8. The van der Waals surface area contributed by atoms with Gasteiger partial charge >= 0.3 is 6.61 Å². The number of nitrogens with zero attached hydrogens (tertiary/aromatic N) is 1. The second kappa shape index (κ2) is 6.49. The predicted molar refractivity (Wildman–Crippen MR) is 65.1 cm³/mol. The average molecular weight is 289 g/mol. The topological polar surface area (TPSA) is 47.3 Å². The smallest absolute Gasteiger partial charge is 0.387 e. The van der Waals surface area contributed by atoms with Crippen LogP contribution >= 0.6 is 11.6 Å². The third-order valence-electron chi connectivity index (χ3n) is 2.34. The maximum atomic E-state index is 12.2. The van der Waals surface area contributed by atoms with Crippen molar-refractivity contribution in [2.24, 2.45) is 0 Å². The van der Waals surface area contributed by atoms with Gasteiger partial charge in [0.1, 0.15) is 11.5 Å². The van der Waals surface area contributed by atoms with Gasteiger partial charge in [0, 0.05) is 23.2 Å². The zero-order valence-electron chi connectivity index (χ0n) is 9.78. The van der Waals surface area contributed by atoms with E-state index in [4.69, 9.17) is 16.1 Å². The van der Waals surface area contributed by atoms with Crippen LogP contribution in [0.3, 0.4) is 0 Å². The number of ether oxygens (including phenoxy) is 1. The summed E-state index contributed by atoms with van der Waals surface area (Å²) in [5.41, 5.74) is 0.548. The second-order valence-electron chi connectivity index (χ2n) is 3.71. The standard InChI is InChI=1S/C12H11ClF2N2O2/c13-9-1-2-11(18-12(14)15)8(5-9)6-16-7-10-3-4-17-19-10/h1-5,12,16H,6-7H2. The van der Waals surface area contributed by atoms with Crippen LogP contribution in [0.1, 0.15) is 11.3 Å². The Kier molecular flexibility index (Phi) is 4.70. The summed E-state index contributed by atoms with van der Waals surface area (Å²) in [5.74, 6) is 0.753. The summed E-state index contributed by atoms with van der Waals surface area (Å²) >= 11 is 5.83. The number of halogens is 3. The second-order valence-corrected chi connectivity index (χ2v) is 4.15. The molecule has 0 aliphatic heterocycles. The molecule has 1 aromatic carbocycles. The van der Waals surface area contributed by atoms with Gasteiger partial charge in [-0.25, -0.2) is 0 Å². The van der Waals surface area contributed by atoms with E-state index in [0.29, 0.717) is 29.4 Å². The first-order valence-corrected chi connectivity index (χ1v) is 5.86. The molecule has 0 saturated heterocycles. The van der Waals surface area contributed by atoms with Crippen molar-refractivity contribution < 1.29 is 18.0 Å². The molecule has 4 nitrogen and oxygen atoms in total. The van der Waals surface area contributed by atoms with Gasteiger partial charge in [-0.3, -0.25) is 0 Å². The number of hydrogen-bond acceptors (Lipinski definition) is 4. The molecular weight excluding hydrogens is 278 g/mol. The molecule has 0 aliphatic carbocycles. The van der Waals surface area contributed by atoms with Gasteiger partial charge in [-0.05, 0) is 18.2 Å². The molecule has 102 valence electrons. The van der Waals surface area contributed by atoms with E-state index in [1.54, 1.807) is 12.1 Å². The quantitative estimate of drug-likeness (QED) is 0.886. The Morgan fingerprint density at radius 1 is 1.32 bits per heavy atom. The fourth-order valence-electron chi connectivity index (χ4n) is 1.55. The van der Waals surface area contributed by atoms with E-state index in [1.807, 2.05) is 0 Å². The summed E-state index contributed by atoms with van der Waals surface area (Å²) in [4.78, 5) is 0. The molecule has 1 N–H and O–H groups in total. The van der Waals surface area contributed by atoms with Crippen LogP contribution in [0.25, 0.3) is 0 Å². The van der Waals surface area contributed by atoms with Gasteiger partial charge in [0.15, 0.2) is 0 Å². The lowest BCUT2D eigenvalue weighted by molar-refractivity contribution is -0.0505. The molecule has 1 heterocycles. The molecule has 0 fully saturated rings. The highest BCUT2D eigenvalue weighted by atomic mass is 35.5. The molecule has 19 heavy (non-hydrogen) atoms. The normalized spacial score (nSPS) is 10.9. The van der Waals surface area contributed by atoms with E-state index in [-0.39, 0.29) is 5.75 Å². The molecule has 0 spiro atoms. The first-order valence-electron chi connectivity index (χ1n) is 5.48. The molecule has 0 saturated carbocycles. The van der Waals surface area contributed by atoms with Crippen LogP contribution in [-0.2, 0) is 13.1 Å². The van der Waals surface area contributed by atoms with E-state index in [2.05, 4.69) is 15.2 Å². The Hall–Kier alpha value is -1.66. The van der Waals surface area contributed by atoms with Crippen molar-refractivity contribution in [3.8, 4) is 5.75 Å². The van der Waals surface area contributed by atoms with Crippen LogP contribution in [-0.4, -0.2) is 11.8 Å². The monoisotopic (exact) mass is 288 g/mol. The van der Waals surface area contributed by atoms with Crippen molar-refractivity contribution in [3.63, 3.8) is 0 Å². The fraction of sp³-hybridized carbons (Fsp3) is 0.250. The number of alkyl halides is 2. The number of benzene rings is 1. The highest BCUT2D eigenvalue weighted by molar-refractivity contribution is 6.30. The molecule has 0 radical (unpaired) electrons. The minimum Gasteiger partial charge on any atom is -0.434 e. The van der Waals surface area contributed by atoms with Gasteiger partial charge in [-0.1, -0.05) is 16.8 Å². The third kappa shape index (κ3) is 4.18. The molecule has 2 aromatic rings. The average Bonchev–Trinajstić information content (AvgIpc) is 2.85. The van der Waals surface area contributed by atoms with E-state index < -0.39 is 6.61 Å². The highest BCUT2D eigenvalue weighted by Gasteiger charge is 2.10. The zero-order valence-corrected chi connectivity index (χ0v) is 10.5. The summed E-state index contributed by atoms with van der Waals surface area (Å²) in [6, 6.07) is 6.20. The predicted octanol–water partition coefficient (Wildman–Crippen LogP) is 3.22. The lowest BCUT2D eigenvalue weighted by Gasteiger charge is -2.11. The van der Waals surface area contributed by atoms with Gasteiger partial charge in [-0.2, -0.15) is 8.78 Å². The summed E-state index contributed by atoms with van der Waals surface area (Å²) in [6.45, 7) is -2.11. The maximum absolute atomic E-state index is 12.2. The van der Waals surface area contributed by atoms with Crippen LogP contribution in [0.2, 0.25) is 5.02 Å². The van der Waals surface area contributed by atoms with Gasteiger partial charge < -0.3 is 14.6 Å².